The Morgan fingerprint density at radius 3 is 2.61 bits per heavy atom. The third-order valence-corrected chi connectivity index (χ3v) is 3.06. The number of amides is 4. The van der Waals surface area contributed by atoms with Crippen LogP contribution in [0.4, 0.5) is 4.79 Å². The van der Waals surface area contributed by atoms with Gasteiger partial charge < -0.3 is 15.8 Å². The number of halogens is 1. The van der Waals surface area contributed by atoms with Crippen LogP contribution >= 0.6 is 11.6 Å². The zero-order chi connectivity index (χ0) is 17.4. The van der Waals surface area contributed by atoms with Crippen molar-refractivity contribution in [3.63, 3.8) is 0 Å². The number of hydrogen-bond donors (Lipinski definition) is 3. The van der Waals surface area contributed by atoms with Crippen molar-refractivity contribution < 1.29 is 19.1 Å². The summed E-state index contributed by atoms with van der Waals surface area (Å²) in [5.41, 5.74) is 5.27. The SMILES string of the molecule is CC(C)CCNC(=O)NC(=O)COc1ccc(Cl)cc1C(N)=O. The molecule has 1 rings (SSSR count). The fourth-order valence-corrected chi connectivity index (χ4v) is 1.82. The van der Waals surface area contributed by atoms with E-state index in [-0.39, 0.29) is 11.3 Å². The van der Waals surface area contributed by atoms with Gasteiger partial charge in [-0.1, -0.05) is 25.4 Å². The van der Waals surface area contributed by atoms with Gasteiger partial charge in [-0.15, -0.1) is 0 Å². The molecule has 0 aliphatic heterocycles. The fourth-order valence-electron chi connectivity index (χ4n) is 1.65. The van der Waals surface area contributed by atoms with Gasteiger partial charge in [-0.05, 0) is 30.5 Å². The van der Waals surface area contributed by atoms with Gasteiger partial charge in [0.25, 0.3) is 11.8 Å². The lowest BCUT2D eigenvalue weighted by atomic mass is 10.1. The number of carbonyl (C=O) groups excluding carboxylic acids is 3. The van der Waals surface area contributed by atoms with E-state index in [2.05, 4.69) is 10.6 Å². The molecular formula is C15H20ClN3O4. The minimum atomic E-state index is -0.727. The quantitative estimate of drug-likeness (QED) is 0.700. The van der Waals surface area contributed by atoms with E-state index in [0.717, 1.165) is 6.42 Å². The maximum Gasteiger partial charge on any atom is 0.321 e. The molecule has 0 aliphatic carbocycles. The maximum atomic E-state index is 11.6. The molecule has 1 aromatic carbocycles. The number of imide groups is 1. The first-order valence-corrected chi connectivity index (χ1v) is 7.47. The molecule has 0 saturated heterocycles. The number of ether oxygens (including phenoxy) is 1. The van der Waals surface area contributed by atoms with Crippen molar-refractivity contribution in [2.24, 2.45) is 11.7 Å². The molecule has 0 unspecified atom stereocenters. The van der Waals surface area contributed by atoms with Crippen LogP contribution in [-0.2, 0) is 4.79 Å². The molecular weight excluding hydrogens is 322 g/mol. The first-order valence-electron chi connectivity index (χ1n) is 7.09. The molecule has 23 heavy (non-hydrogen) atoms. The number of benzene rings is 1. The average Bonchev–Trinajstić information content (AvgIpc) is 2.45. The normalized spacial score (nSPS) is 10.3. The van der Waals surface area contributed by atoms with Gasteiger partial charge in [0.15, 0.2) is 6.61 Å². The van der Waals surface area contributed by atoms with Gasteiger partial charge in [-0.25, -0.2) is 4.79 Å². The molecule has 8 heteroatoms. The lowest BCUT2D eigenvalue weighted by Crippen LogP contribution is -2.42. The Labute approximate surface area is 139 Å². The van der Waals surface area contributed by atoms with Gasteiger partial charge >= 0.3 is 6.03 Å². The van der Waals surface area contributed by atoms with E-state index < -0.39 is 24.5 Å². The molecule has 0 aromatic heterocycles. The van der Waals surface area contributed by atoms with E-state index in [4.69, 9.17) is 22.1 Å². The highest BCUT2D eigenvalue weighted by atomic mass is 35.5. The Morgan fingerprint density at radius 1 is 1.30 bits per heavy atom. The summed E-state index contributed by atoms with van der Waals surface area (Å²) in [6, 6.07) is 3.68. The molecule has 0 radical (unpaired) electrons. The Kier molecular flexibility index (Phi) is 7.34. The monoisotopic (exact) mass is 341 g/mol. The van der Waals surface area contributed by atoms with Crippen LogP contribution in [-0.4, -0.2) is 31.0 Å². The van der Waals surface area contributed by atoms with Crippen molar-refractivity contribution >= 4 is 29.4 Å². The number of carbonyl (C=O) groups is 3. The van der Waals surface area contributed by atoms with Crippen LogP contribution in [0, 0.1) is 5.92 Å². The predicted octanol–water partition coefficient (Wildman–Crippen LogP) is 1.69. The van der Waals surface area contributed by atoms with Crippen molar-refractivity contribution in [3.8, 4) is 5.75 Å². The number of nitrogens with one attached hydrogen (secondary N) is 2. The molecule has 4 amide bonds. The van der Waals surface area contributed by atoms with Crippen LogP contribution in [0.25, 0.3) is 0 Å². The van der Waals surface area contributed by atoms with Gasteiger partial charge in [0.05, 0.1) is 5.56 Å². The molecule has 4 N–H and O–H groups in total. The zero-order valence-corrected chi connectivity index (χ0v) is 13.8. The van der Waals surface area contributed by atoms with Gasteiger partial charge in [-0.2, -0.15) is 0 Å². The van der Waals surface area contributed by atoms with Crippen molar-refractivity contribution in [2.75, 3.05) is 13.2 Å². The standard InChI is InChI=1S/C15H20ClN3O4/c1-9(2)5-6-18-15(22)19-13(20)8-23-12-4-3-10(16)7-11(12)14(17)21/h3-4,7,9H,5-6,8H2,1-2H3,(H2,17,21)(H2,18,19,20,22). The van der Waals surface area contributed by atoms with Crippen LogP contribution in [0.5, 0.6) is 5.75 Å². The second kappa shape index (κ2) is 8.99. The summed E-state index contributed by atoms with van der Waals surface area (Å²) in [7, 11) is 0. The van der Waals surface area contributed by atoms with Crippen LogP contribution in [0.2, 0.25) is 5.02 Å². The molecule has 0 atom stereocenters. The van der Waals surface area contributed by atoms with E-state index in [1.165, 1.54) is 18.2 Å². The van der Waals surface area contributed by atoms with Crippen molar-refractivity contribution in [2.45, 2.75) is 20.3 Å². The summed E-state index contributed by atoms with van der Waals surface area (Å²) >= 11 is 5.77. The smallest absolute Gasteiger partial charge is 0.321 e. The predicted molar refractivity (Wildman–Crippen MR) is 86.5 cm³/mol. The highest BCUT2D eigenvalue weighted by molar-refractivity contribution is 6.31. The molecule has 0 saturated carbocycles. The largest absolute Gasteiger partial charge is 0.483 e. The fraction of sp³-hybridized carbons (Fsp3) is 0.400. The number of rotatable bonds is 7. The molecule has 1 aromatic rings. The topological polar surface area (TPSA) is 111 Å². The summed E-state index contributed by atoms with van der Waals surface area (Å²) < 4.78 is 5.21. The highest BCUT2D eigenvalue weighted by Crippen LogP contribution is 2.22. The summed E-state index contributed by atoms with van der Waals surface area (Å²) in [5.74, 6) is -0.796. The van der Waals surface area contributed by atoms with Gasteiger partial charge in [0, 0.05) is 11.6 Å². The average molecular weight is 342 g/mol. The summed E-state index contributed by atoms with van der Waals surface area (Å²) in [6.07, 6.45) is 0.810. The highest BCUT2D eigenvalue weighted by Gasteiger charge is 2.13. The van der Waals surface area contributed by atoms with Crippen molar-refractivity contribution in [3.05, 3.63) is 28.8 Å². The molecule has 7 nitrogen and oxygen atoms in total. The second-order valence-electron chi connectivity index (χ2n) is 5.28. The van der Waals surface area contributed by atoms with Gasteiger partial charge in [0.1, 0.15) is 5.75 Å². The first kappa shape index (κ1) is 18.8. The van der Waals surface area contributed by atoms with E-state index in [1.807, 2.05) is 13.8 Å². The number of primary amides is 1. The Morgan fingerprint density at radius 2 is 2.00 bits per heavy atom. The minimum Gasteiger partial charge on any atom is -0.483 e. The Bertz CT molecular complexity index is 590. The Hall–Kier alpha value is -2.28. The molecule has 0 bridgehead atoms. The van der Waals surface area contributed by atoms with E-state index in [9.17, 15) is 14.4 Å². The summed E-state index contributed by atoms with van der Waals surface area (Å²) in [6.45, 7) is 4.10. The number of hydrogen-bond acceptors (Lipinski definition) is 4. The zero-order valence-electron chi connectivity index (χ0n) is 13.0. The van der Waals surface area contributed by atoms with Gasteiger partial charge in [0.2, 0.25) is 0 Å². The summed E-state index contributed by atoms with van der Waals surface area (Å²) in [4.78, 5) is 34.4. The van der Waals surface area contributed by atoms with Crippen molar-refractivity contribution in [1.82, 2.24) is 10.6 Å². The van der Waals surface area contributed by atoms with Crippen LogP contribution < -0.4 is 21.1 Å². The summed E-state index contributed by atoms with van der Waals surface area (Å²) in [5, 5.41) is 5.01. The lowest BCUT2D eigenvalue weighted by Gasteiger charge is -2.11. The molecule has 0 aliphatic rings. The number of nitrogens with two attached hydrogens (primary N) is 1. The molecule has 0 fully saturated rings. The number of urea groups is 1. The van der Waals surface area contributed by atoms with E-state index >= 15 is 0 Å². The van der Waals surface area contributed by atoms with Gasteiger partial charge in [-0.3, -0.25) is 14.9 Å². The van der Waals surface area contributed by atoms with Crippen LogP contribution in [0.3, 0.4) is 0 Å². The Balaban J connectivity index is 2.47. The molecule has 126 valence electrons. The first-order chi connectivity index (χ1) is 10.8. The van der Waals surface area contributed by atoms with Crippen LogP contribution in [0.15, 0.2) is 18.2 Å². The molecule has 0 spiro atoms. The minimum absolute atomic E-state index is 0.0617. The lowest BCUT2D eigenvalue weighted by molar-refractivity contribution is -0.122. The third kappa shape index (κ3) is 7.01. The van der Waals surface area contributed by atoms with Crippen LogP contribution in [0.1, 0.15) is 30.6 Å². The van der Waals surface area contributed by atoms with E-state index in [1.54, 1.807) is 0 Å². The third-order valence-electron chi connectivity index (χ3n) is 2.83. The maximum absolute atomic E-state index is 11.6. The molecule has 0 heterocycles. The van der Waals surface area contributed by atoms with Crippen molar-refractivity contribution in [1.29, 1.82) is 0 Å². The van der Waals surface area contributed by atoms with E-state index in [0.29, 0.717) is 17.5 Å². The second-order valence-corrected chi connectivity index (χ2v) is 5.72.